The lowest BCUT2D eigenvalue weighted by Crippen LogP contribution is -2.01. The number of aromatic nitrogens is 2. The van der Waals surface area contributed by atoms with E-state index in [1.54, 1.807) is 12.1 Å². The Morgan fingerprint density at radius 3 is 2.58 bits per heavy atom. The summed E-state index contributed by atoms with van der Waals surface area (Å²) in [5.74, 6) is 1.40. The largest absolute Gasteiger partial charge is 0.373 e. The number of thioether (sulfide) groups is 1. The molecule has 0 unspecified atom stereocenters. The van der Waals surface area contributed by atoms with Crippen molar-refractivity contribution >= 4 is 52.3 Å². The van der Waals surface area contributed by atoms with E-state index in [1.165, 1.54) is 11.8 Å². The molecule has 100 valence electrons. The number of hydrogen-bond acceptors (Lipinski definition) is 5. The lowest BCUT2D eigenvalue weighted by atomic mass is 10.3. The van der Waals surface area contributed by atoms with Crippen molar-refractivity contribution in [1.82, 2.24) is 9.97 Å². The van der Waals surface area contributed by atoms with Crippen molar-refractivity contribution in [2.24, 2.45) is 0 Å². The van der Waals surface area contributed by atoms with Gasteiger partial charge in [-0.1, -0.05) is 41.0 Å². The molecule has 0 aliphatic carbocycles. The maximum Gasteiger partial charge on any atom is 0.191 e. The zero-order valence-electron chi connectivity index (χ0n) is 10.4. The Kier molecular flexibility index (Phi) is 4.74. The normalized spacial score (nSPS) is 10.3. The molecule has 0 saturated heterocycles. The third-order valence-corrected chi connectivity index (χ3v) is 3.73. The molecule has 1 aromatic carbocycles. The molecular formula is C12H12Cl2N4S. The molecule has 7 heteroatoms. The van der Waals surface area contributed by atoms with Crippen LogP contribution in [0.4, 0.5) is 17.3 Å². The van der Waals surface area contributed by atoms with Crippen LogP contribution in [0.5, 0.6) is 0 Å². The predicted molar refractivity (Wildman–Crippen MR) is 83.1 cm³/mol. The molecule has 0 spiro atoms. The minimum absolute atomic E-state index is 0.472. The molecule has 0 radical (unpaired) electrons. The molecule has 2 N–H and O–H groups in total. The van der Waals surface area contributed by atoms with Gasteiger partial charge in [-0.2, -0.15) is 0 Å². The Bertz CT molecular complexity index is 570. The lowest BCUT2D eigenvalue weighted by Gasteiger charge is -2.10. The first kappa shape index (κ1) is 14.2. The highest BCUT2D eigenvalue weighted by atomic mass is 35.5. The SMILES string of the molecule is CNc1cc(Nc2cccc(Cl)c2Cl)nc(SC)n1. The number of benzene rings is 1. The molecular weight excluding hydrogens is 303 g/mol. The number of halogens is 2. The van der Waals surface area contributed by atoms with Gasteiger partial charge in [0.25, 0.3) is 0 Å². The number of hydrogen-bond donors (Lipinski definition) is 2. The second-order valence-electron chi connectivity index (χ2n) is 3.60. The first-order valence-corrected chi connectivity index (χ1v) is 7.44. The van der Waals surface area contributed by atoms with Gasteiger partial charge in [0.15, 0.2) is 5.16 Å². The summed E-state index contributed by atoms with van der Waals surface area (Å²) in [6.07, 6.45) is 1.92. The van der Waals surface area contributed by atoms with E-state index in [1.807, 2.05) is 25.4 Å². The third kappa shape index (κ3) is 3.43. The van der Waals surface area contributed by atoms with Gasteiger partial charge in [0.2, 0.25) is 0 Å². The molecule has 0 bridgehead atoms. The molecule has 0 saturated carbocycles. The summed E-state index contributed by atoms with van der Waals surface area (Å²) in [5.41, 5.74) is 0.710. The molecule has 0 amide bonds. The highest BCUT2D eigenvalue weighted by Crippen LogP contribution is 2.31. The Labute approximate surface area is 125 Å². The minimum atomic E-state index is 0.472. The Morgan fingerprint density at radius 2 is 1.89 bits per heavy atom. The van der Waals surface area contributed by atoms with E-state index in [0.717, 1.165) is 5.82 Å². The smallest absolute Gasteiger partial charge is 0.191 e. The summed E-state index contributed by atoms with van der Waals surface area (Å²) in [6.45, 7) is 0. The van der Waals surface area contributed by atoms with Crippen molar-refractivity contribution in [2.75, 3.05) is 23.9 Å². The lowest BCUT2D eigenvalue weighted by molar-refractivity contribution is 0.977. The van der Waals surface area contributed by atoms with E-state index in [0.29, 0.717) is 26.7 Å². The fourth-order valence-corrected chi connectivity index (χ4v) is 2.17. The minimum Gasteiger partial charge on any atom is -0.373 e. The molecule has 4 nitrogen and oxygen atoms in total. The number of anilines is 3. The molecule has 2 rings (SSSR count). The second-order valence-corrected chi connectivity index (χ2v) is 5.16. The standard InChI is InChI=1S/C12H12Cl2N4S/c1-15-9-6-10(18-12(17-9)19-2)16-8-5-3-4-7(13)11(8)14/h3-6H,1-2H3,(H2,15,16,17,18). The average Bonchev–Trinajstić information content (AvgIpc) is 2.43. The van der Waals surface area contributed by atoms with Crippen LogP contribution in [0.1, 0.15) is 0 Å². The number of nitrogens with one attached hydrogen (secondary N) is 2. The maximum absolute atomic E-state index is 6.13. The van der Waals surface area contributed by atoms with Gasteiger partial charge in [0.05, 0.1) is 15.7 Å². The van der Waals surface area contributed by atoms with Gasteiger partial charge < -0.3 is 10.6 Å². The van der Waals surface area contributed by atoms with E-state index in [2.05, 4.69) is 20.6 Å². The van der Waals surface area contributed by atoms with Crippen LogP contribution in [0.25, 0.3) is 0 Å². The molecule has 1 aromatic heterocycles. The molecule has 0 fully saturated rings. The number of rotatable bonds is 4. The zero-order chi connectivity index (χ0) is 13.8. The molecule has 0 aliphatic heterocycles. The first-order valence-electron chi connectivity index (χ1n) is 5.46. The summed E-state index contributed by atoms with van der Waals surface area (Å²) < 4.78 is 0. The summed E-state index contributed by atoms with van der Waals surface area (Å²) >= 11 is 13.6. The van der Waals surface area contributed by atoms with Crippen molar-refractivity contribution in [3.8, 4) is 0 Å². The van der Waals surface area contributed by atoms with E-state index in [4.69, 9.17) is 23.2 Å². The molecule has 1 heterocycles. The summed E-state index contributed by atoms with van der Waals surface area (Å²) in [6, 6.07) is 7.21. The van der Waals surface area contributed by atoms with Gasteiger partial charge in [-0.05, 0) is 18.4 Å². The second kappa shape index (κ2) is 6.32. The Morgan fingerprint density at radius 1 is 1.16 bits per heavy atom. The predicted octanol–water partition coefficient (Wildman–Crippen LogP) is 4.29. The maximum atomic E-state index is 6.13. The van der Waals surface area contributed by atoms with Crippen LogP contribution < -0.4 is 10.6 Å². The van der Waals surface area contributed by atoms with Gasteiger partial charge in [-0.25, -0.2) is 9.97 Å². The fourth-order valence-electron chi connectivity index (χ4n) is 1.45. The molecule has 0 atom stereocenters. The average molecular weight is 315 g/mol. The van der Waals surface area contributed by atoms with Gasteiger partial charge in [-0.3, -0.25) is 0 Å². The van der Waals surface area contributed by atoms with Gasteiger partial charge in [0, 0.05) is 13.1 Å². The van der Waals surface area contributed by atoms with E-state index >= 15 is 0 Å². The number of nitrogens with zero attached hydrogens (tertiary/aromatic N) is 2. The zero-order valence-corrected chi connectivity index (χ0v) is 12.7. The highest BCUT2D eigenvalue weighted by Gasteiger charge is 2.07. The van der Waals surface area contributed by atoms with E-state index in [-0.39, 0.29) is 0 Å². The van der Waals surface area contributed by atoms with Crippen LogP contribution in [0, 0.1) is 0 Å². The van der Waals surface area contributed by atoms with Crippen LogP contribution in [0.15, 0.2) is 29.4 Å². The van der Waals surface area contributed by atoms with Crippen LogP contribution in [-0.4, -0.2) is 23.3 Å². The Balaban J connectivity index is 2.34. The van der Waals surface area contributed by atoms with Crippen LogP contribution in [-0.2, 0) is 0 Å². The molecule has 19 heavy (non-hydrogen) atoms. The monoisotopic (exact) mass is 314 g/mol. The van der Waals surface area contributed by atoms with Crippen molar-refractivity contribution < 1.29 is 0 Å². The first-order chi connectivity index (χ1) is 9.13. The summed E-state index contributed by atoms with van der Waals surface area (Å²) in [5, 5.41) is 7.78. The summed E-state index contributed by atoms with van der Waals surface area (Å²) in [4.78, 5) is 8.66. The third-order valence-electron chi connectivity index (χ3n) is 2.36. The van der Waals surface area contributed by atoms with Crippen molar-refractivity contribution in [1.29, 1.82) is 0 Å². The molecule has 0 aliphatic rings. The van der Waals surface area contributed by atoms with Gasteiger partial charge >= 0.3 is 0 Å². The van der Waals surface area contributed by atoms with E-state index in [9.17, 15) is 0 Å². The van der Waals surface area contributed by atoms with Crippen LogP contribution in [0.2, 0.25) is 10.0 Å². The Hall–Kier alpha value is -1.17. The fraction of sp³-hybridized carbons (Fsp3) is 0.167. The summed E-state index contributed by atoms with van der Waals surface area (Å²) in [7, 11) is 1.81. The van der Waals surface area contributed by atoms with Crippen molar-refractivity contribution in [2.45, 2.75) is 5.16 Å². The van der Waals surface area contributed by atoms with Crippen molar-refractivity contribution in [3.05, 3.63) is 34.3 Å². The quantitative estimate of drug-likeness (QED) is 0.651. The molecule has 2 aromatic rings. The van der Waals surface area contributed by atoms with Crippen LogP contribution >= 0.6 is 35.0 Å². The van der Waals surface area contributed by atoms with Crippen LogP contribution in [0.3, 0.4) is 0 Å². The van der Waals surface area contributed by atoms with Crippen molar-refractivity contribution in [3.63, 3.8) is 0 Å². The highest BCUT2D eigenvalue weighted by molar-refractivity contribution is 7.98. The van der Waals surface area contributed by atoms with E-state index < -0.39 is 0 Å². The van der Waals surface area contributed by atoms with Gasteiger partial charge in [0.1, 0.15) is 11.6 Å². The van der Waals surface area contributed by atoms with Gasteiger partial charge in [-0.15, -0.1) is 0 Å². The topological polar surface area (TPSA) is 49.8 Å².